The molecule has 38 heavy (non-hydrogen) atoms. The van der Waals surface area contributed by atoms with E-state index in [1.54, 1.807) is 11.1 Å². The third-order valence-corrected chi connectivity index (χ3v) is 9.19. The molecule has 0 aromatic rings. The molecule has 0 radical (unpaired) electrons. The molecule has 0 spiro atoms. The van der Waals surface area contributed by atoms with Gasteiger partial charge in [-0.1, -0.05) is 113 Å². The molecule has 0 aromatic carbocycles. The van der Waals surface area contributed by atoms with Crippen LogP contribution in [-0.2, 0) is 4.79 Å². The maximum Gasteiger partial charge on any atom is 1.00 e. The fourth-order valence-electron chi connectivity index (χ4n) is 5.66. The lowest BCUT2D eigenvalue weighted by Crippen LogP contribution is -2.10. The van der Waals surface area contributed by atoms with Gasteiger partial charge in [0.05, 0.1) is 0 Å². The zero-order valence-electron chi connectivity index (χ0n) is 27.7. The van der Waals surface area contributed by atoms with E-state index in [0.717, 1.165) is 63.2 Å². The first kappa shape index (κ1) is 37.8. The number of rotatable bonds is 1. The molecular weight excluding hydrogens is 498 g/mol. The van der Waals surface area contributed by atoms with Gasteiger partial charge in [0.25, 0.3) is 0 Å². The summed E-state index contributed by atoms with van der Waals surface area (Å²) < 4.78 is 0. The van der Waals surface area contributed by atoms with E-state index in [1.807, 2.05) is 0 Å². The van der Waals surface area contributed by atoms with Crippen molar-refractivity contribution in [2.45, 2.75) is 158 Å². The summed E-state index contributed by atoms with van der Waals surface area (Å²) in [5.74, 6) is 5.31. The molecule has 1 atom stereocenters. The molecule has 0 N–H and O–H groups in total. The Labute approximate surface area is 246 Å². The van der Waals surface area contributed by atoms with Crippen LogP contribution in [0.1, 0.15) is 160 Å². The van der Waals surface area contributed by atoms with Crippen molar-refractivity contribution in [1.29, 1.82) is 0 Å². The van der Waals surface area contributed by atoms with Crippen LogP contribution in [0.4, 0.5) is 0 Å². The number of allylic oxidation sites excluding steroid dienone is 4. The van der Waals surface area contributed by atoms with Gasteiger partial charge in [-0.25, -0.2) is 0 Å². The van der Waals surface area contributed by atoms with Gasteiger partial charge in [0.1, 0.15) is 5.78 Å². The first-order valence-corrected chi connectivity index (χ1v) is 18.8. The molecule has 4 aliphatic carbocycles. The average Bonchev–Trinajstić information content (AvgIpc) is 2.93. The van der Waals surface area contributed by atoms with Gasteiger partial charge in [-0.15, -0.1) is 0 Å². The van der Waals surface area contributed by atoms with Crippen molar-refractivity contribution < 1.29 is 7.65 Å². The normalized spacial score (nSPS) is 27.6. The van der Waals surface area contributed by atoms with Gasteiger partial charge in [0.15, 0.2) is 0 Å². The van der Waals surface area contributed by atoms with E-state index in [2.05, 4.69) is 75.8 Å². The Morgan fingerprint density at radius 3 is 1.26 bits per heavy atom. The van der Waals surface area contributed by atoms with Crippen LogP contribution >= 0.6 is 16.8 Å². The summed E-state index contributed by atoms with van der Waals surface area (Å²) in [7, 11) is 3.52. The lowest BCUT2D eigenvalue weighted by Gasteiger charge is -2.24. The van der Waals surface area contributed by atoms with E-state index >= 15 is 0 Å². The summed E-state index contributed by atoms with van der Waals surface area (Å²) in [6.45, 7) is 15.9. The molecule has 1 nitrogen and oxygen atoms in total. The van der Waals surface area contributed by atoms with Crippen molar-refractivity contribution in [2.75, 3.05) is 0 Å². The Morgan fingerprint density at radius 1 is 0.711 bits per heavy atom. The molecule has 224 valence electrons. The summed E-state index contributed by atoms with van der Waals surface area (Å²) in [5.41, 5.74) is 3.35. The molecule has 0 aromatic heterocycles. The van der Waals surface area contributed by atoms with Crippen LogP contribution in [0.3, 0.4) is 0 Å². The highest BCUT2D eigenvalue weighted by Crippen LogP contribution is 2.30. The van der Waals surface area contributed by atoms with Gasteiger partial charge in [0.2, 0.25) is 0 Å². The molecule has 4 rings (SSSR count). The minimum Gasteiger partial charge on any atom is -0.300 e. The van der Waals surface area contributed by atoms with E-state index in [1.165, 1.54) is 83.5 Å². The van der Waals surface area contributed by atoms with E-state index < -0.39 is 0 Å². The van der Waals surface area contributed by atoms with E-state index in [-0.39, 0.29) is 2.85 Å². The summed E-state index contributed by atoms with van der Waals surface area (Å²) >= 11 is 0. The minimum absolute atomic E-state index is 0. The average molecular weight is 568 g/mol. The topological polar surface area (TPSA) is 17.1 Å². The van der Waals surface area contributed by atoms with Gasteiger partial charge in [-0.05, 0) is 108 Å². The summed E-state index contributed by atoms with van der Waals surface area (Å²) in [6, 6.07) is 0. The van der Waals surface area contributed by atoms with Crippen LogP contribution in [0.15, 0.2) is 23.3 Å². The van der Waals surface area contributed by atoms with Crippen molar-refractivity contribution in [2.24, 2.45) is 29.6 Å². The number of Topliss-reactive ketones (excluding diaryl/α,β-unsaturated/α-hetero) is 1. The Hall–Kier alpha value is -0.250. The standard InChI is InChI=1S/C9H18.2C9H16.C7H12O.CH4P2.H2/c3*1-3-9-6-4-8(2)5-7-9;1-6-2-4-7(8)5-3-6;1-3-2;/h8-9H,3-7H2,1-2H3;2*3,8H,4-7H2,1-2H3;6H,2-5H2,1H3;1-2H2;1H/p+1. The van der Waals surface area contributed by atoms with Gasteiger partial charge in [0, 0.05) is 14.3 Å². The SMILES string of the molecule is C=PP.CC1CCC(=O)CC1.CC=C1CCC(C)CC1.CC=C1CCC(C)CC1.CCC1CCC(C)CC1.[H+].[HH]. The fourth-order valence-corrected chi connectivity index (χ4v) is 5.66. The van der Waals surface area contributed by atoms with Crippen molar-refractivity contribution in [3.8, 4) is 0 Å². The van der Waals surface area contributed by atoms with Crippen molar-refractivity contribution in [3.05, 3.63) is 23.3 Å². The Balaban J connectivity index is -0.000000435. The minimum atomic E-state index is 0. The molecule has 0 bridgehead atoms. The smallest absolute Gasteiger partial charge is 0.300 e. The molecule has 0 heterocycles. The Morgan fingerprint density at radius 2 is 1.00 bits per heavy atom. The third kappa shape index (κ3) is 20.6. The zero-order chi connectivity index (χ0) is 28.8. The molecule has 4 saturated carbocycles. The number of carbonyl (C=O) groups is 1. The monoisotopic (exact) mass is 567 g/mol. The number of hydrogen-bond donors (Lipinski definition) is 0. The largest absolute Gasteiger partial charge is 1.00 e. The van der Waals surface area contributed by atoms with E-state index in [9.17, 15) is 4.79 Å². The third-order valence-electron chi connectivity index (χ3n) is 9.19. The van der Waals surface area contributed by atoms with Crippen LogP contribution in [0.25, 0.3) is 0 Å². The molecule has 0 amide bonds. The summed E-state index contributed by atoms with van der Waals surface area (Å²) in [6.07, 6.45) is 30.4. The first-order chi connectivity index (χ1) is 18.2. The molecular formula is C35H69OP2+. The molecule has 3 heteroatoms. The van der Waals surface area contributed by atoms with E-state index in [0.29, 0.717) is 5.78 Å². The lowest BCUT2D eigenvalue weighted by molar-refractivity contribution is -0.120. The summed E-state index contributed by atoms with van der Waals surface area (Å²) in [4.78, 5) is 10.6. The number of ketones is 1. The maximum absolute atomic E-state index is 10.6. The molecule has 4 fully saturated rings. The predicted molar refractivity (Wildman–Crippen MR) is 184 cm³/mol. The van der Waals surface area contributed by atoms with E-state index in [4.69, 9.17) is 0 Å². The lowest BCUT2D eigenvalue weighted by atomic mass is 9.82. The van der Waals surface area contributed by atoms with Crippen LogP contribution in [0.2, 0.25) is 0 Å². The van der Waals surface area contributed by atoms with Gasteiger partial charge in [-0.2, -0.15) is 0 Å². The number of hydrogen-bond acceptors (Lipinski definition) is 1. The zero-order valence-corrected chi connectivity index (χ0v) is 28.8. The second-order valence-corrected chi connectivity index (χ2v) is 14.2. The quantitative estimate of drug-likeness (QED) is 0.227. The van der Waals surface area contributed by atoms with Gasteiger partial charge >= 0.3 is 1.43 Å². The highest BCUT2D eigenvalue weighted by molar-refractivity contribution is 8.01. The van der Waals surface area contributed by atoms with Crippen LogP contribution in [-0.4, -0.2) is 12.1 Å². The van der Waals surface area contributed by atoms with Crippen molar-refractivity contribution in [1.82, 2.24) is 0 Å². The molecule has 1 unspecified atom stereocenters. The van der Waals surface area contributed by atoms with Crippen LogP contribution in [0, 0.1) is 29.6 Å². The fraction of sp³-hybridized carbons (Fsp3) is 0.829. The van der Waals surface area contributed by atoms with Crippen molar-refractivity contribution in [3.63, 3.8) is 0 Å². The number of carbonyl (C=O) groups excluding carboxylic acids is 1. The molecule has 0 aliphatic heterocycles. The van der Waals surface area contributed by atoms with Crippen molar-refractivity contribution >= 4 is 28.9 Å². The Kier molecular flexibility index (Phi) is 24.4. The summed E-state index contributed by atoms with van der Waals surface area (Å²) in [5, 5.41) is 0. The Bertz CT molecular complexity index is 608. The second kappa shape index (κ2) is 24.5. The first-order valence-electron chi connectivity index (χ1n) is 16.1. The highest BCUT2D eigenvalue weighted by atomic mass is 32.0. The second-order valence-electron chi connectivity index (χ2n) is 12.7. The predicted octanol–water partition coefficient (Wildman–Crippen LogP) is 12.8. The van der Waals surface area contributed by atoms with Crippen LogP contribution in [0.5, 0.6) is 0 Å². The van der Waals surface area contributed by atoms with Gasteiger partial charge in [-0.3, -0.25) is 4.79 Å². The molecule has 0 saturated heterocycles. The maximum atomic E-state index is 10.6. The van der Waals surface area contributed by atoms with Crippen LogP contribution < -0.4 is 0 Å². The molecule has 4 aliphatic rings. The van der Waals surface area contributed by atoms with Gasteiger partial charge < -0.3 is 0 Å². The highest BCUT2D eigenvalue weighted by Gasteiger charge is 2.16.